The summed E-state index contributed by atoms with van der Waals surface area (Å²) in [6.45, 7) is -0.272. The number of alkyl halides is 6. The van der Waals surface area contributed by atoms with Crippen LogP contribution in [0.15, 0.2) is 48.5 Å². The lowest BCUT2D eigenvalue weighted by atomic mass is 9.97. The predicted molar refractivity (Wildman–Crippen MR) is 104 cm³/mol. The van der Waals surface area contributed by atoms with Crippen molar-refractivity contribution in [3.63, 3.8) is 0 Å². The molecule has 1 N–H and O–H groups in total. The lowest BCUT2D eigenvalue weighted by Gasteiger charge is -2.30. The van der Waals surface area contributed by atoms with E-state index < -0.39 is 48.7 Å². The highest BCUT2D eigenvalue weighted by atomic mass is 19.4. The number of hydrogen-bond donors (Lipinski definition) is 1. The third-order valence-electron chi connectivity index (χ3n) is 5.63. The van der Waals surface area contributed by atoms with Crippen LogP contribution in [0.25, 0.3) is 11.1 Å². The highest BCUT2D eigenvalue weighted by molar-refractivity contribution is 5.81. The molecular weight excluding hydrogens is 456 g/mol. The molecule has 0 heterocycles. The number of benzene rings is 2. The van der Waals surface area contributed by atoms with Gasteiger partial charge in [-0.2, -0.15) is 26.3 Å². The van der Waals surface area contributed by atoms with Gasteiger partial charge in [0.05, 0.1) is 0 Å². The van der Waals surface area contributed by atoms with Crippen LogP contribution < -0.4 is 0 Å². The van der Waals surface area contributed by atoms with Gasteiger partial charge in [0, 0.05) is 13.0 Å². The highest BCUT2D eigenvalue weighted by Crippen LogP contribution is 2.45. The van der Waals surface area contributed by atoms with Gasteiger partial charge >= 0.3 is 24.4 Å². The number of hydrogen-bond acceptors (Lipinski definition) is 3. The molecule has 0 aliphatic heterocycles. The van der Waals surface area contributed by atoms with E-state index in [1.54, 1.807) is 12.1 Å². The normalized spacial score (nSPS) is 14.5. The van der Waals surface area contributed by atoms with E-state index in [1.165, 1.54) is 0 Å². The van der Waals surface area contributed by atoms with Gasteiger partial charge in [0.2, 0.25) is 0 Å². The highest BCUT2D eigenvalue weighted by Gasteiger charge is 2.58. The molecule has 33 heavy (non-hydrogen) atoms. The molecule has 5 nitrogen and oxygen atoms in total. The molecule has 11 heteroatoms. The maximum atomic E-state index is 12.9. The molecule has 1 aliphatic carbocycles. The summed E-state index contributed by atoms with van der Waals surface area (Å²) in [7, 11) is 0.793. The quantitative estimate of drug-likeness (QED) is 0.565. The number of carboxylic acids is 1. The maximum absolute atomic E-state index is 12.9. The Labute approximate surface area is 184 Å². The lowest BCUT2D eigenvalue weighted by Crippen LogP contribution is -2.48. The molecule has 2 aromatic rings. The van der Waals surface area contributed by atoms with Gasteiger partial charge in [-0.05, 0) is 28.7 Å². The van der Waals surface area contributed by atoms with E-state index in [-0.39, 0.29) is 11.5 Å². The lowest BCUT2D eigenvalue weighted by molar-refractivity contribution is -0.287. The minimum Gasteiger partial charge on any atom is -0.480 e. The van der Waals surface area contributed by atoms with Crippen molar-refractivity contribution in [2.24, 2.45) is 5.92 Å². The Balaban J connectivity index is 1.76. The van der Waals surface area contributed by atoms with E-state index in [0.29, 0.717) is 0 Å². The Morgan fingerprint density at radius 1 is 0.939 bits per heavy atom. The summed E-state index contributed by atoms with van der Waals surface area (Å²) in [6.07, 6.45) is -14.7. The number of carbonyl (C=O) groups excluding carboxylic acids is 1. The second kappa shape index (κ2) is 8.95. The number of carboxylic acid groups (broad SMARTS) is 1. The summed E-state index contributed by atoms with van der Waals surface area (Å²) in [5.74, 6) is -6.34. The first kappa shape index (κ1) is 24.4. The van der Waals surface area contributed by atoms with E-state index in [1.807, 2.05) is 36.4 Å². The van der Waals surface area contributed by atoms with Crippen molar-refractivity contribution in [3.05, 3.63) is 59.7 Å². The Bertz CT molecular complexity index is 977. The maximum Gasteiger partial charge on any atom is 0.410 e. The van der Waals surface area contributed by atoms with Gasteiger partial charge in [0.25, 0.3) is 0 Å². The van der Waals surface area contributed by atoms with Gasteiger partial charge in [0.1, 0.15) is 12.6 Å². The van der Waals surface area contributed by atoms with E-state index in [9.17, 15) is 41.0 Å². The molecule has 1 atom stereocenters. The summed E-state index contributed by atoms with van der Waals surface area (Å²) >= 11 is 0. The van der Waals surface area contributed by atoms with Crippen LogP contribution in [-0.4, -0.2) is 54.1 Å². The fourth-order valence-electron chi connectivity index (χ4n) is 3.92. The fraction of sp³-hybridized carbons (Fsp3) is 0.364. The van der Waals surface area contributed by atoms with Crippen LogP contribution in [0.4, 0.5) is 31.1 Å². The minimum atomic E-state index is -5.73. The van der Waals surface area contributed by atoms with Crippen LogP contribution in [0.5, 0.6) is 0 Å². The molecule has 0 spiro atoms. The first-order chi connectivity index (χ1) is 15.3. The molecule has 2 aromatic carbocycles. The van der Waals surface area contributed by atoms with Gasteiger partial charge in [-0.25, -0.2) is 9.59 Å². The summed E-state index contributed by atoms with van der Waals surface area (Å²) < 4.78 is 82.5. The summed E-state index contributed by atoms with van der Waals surface area (Å²) in [5, 5.41) is 9.23. The average Bonchev–Trinajstić information content (AvgIpc) is 3.03. The molecule has 0 bridgehead atoms. The largest absolute Gasteiger partial charge is 0.480 e. The summed E-state index contributed by atoms with van der Waals surface area (Å²) in [4.78, 5) is 24.1. The first-order valence-electron chi connectivity index (χ1n) is 9.76. The molecule has 178 valence electrons. The van der Waals surface area contributed by atoms with E-state index in [2.05, 4.69) is 0 Å². The molecule has 0 radical (unpaired) electrons. The smallest absolute Gasteiger partial charge is 0.410 e. The number of halogens is 6. The Hall–Kier alpha value is -3.24. The summed E-state index contributed by atoms with van der Waals surface area (Å²) in [6, 6.07) is 12.2. The molecule has 0 aromatic heterocycles. The van der Waals surface area contributed by atoms with Crippen molar-refractivity contribution in [1.82, 2.24) is 4.90 Å². The minimum absolute atomic E-state index is 0.250. The number of aliphatic carboxylic acids is 1. The number of carbonyl (C=O) groups is 2. The molecule has 0 saturated carbocycles. The second-order valence-electron chi connectivity index (χ2n) is 7.64. The number of fused-ring (bicyclic) bond motifs is 3. The van der Waals surface area contributed by atoms with Crippen molar-refractivity contribution >= 4 is 12.1 Å². The first-order valence-corrected chi connectivity index (χ1v) is 9.76. The van der Waals surface area contributed by atoms with E-state index in [4.69, 9.17) is 4.74 Å². The summed E-state index contributed by atoms with van der Waals surface area (Å²) in [5.41, 5.74) is 3.48. The molecule has 1 amide bonds. The fourth-order valence-corrected chi connectivity index (χ4v) is 3.92. The van der Waals surface area contributed by atoms with E-state index in [0.717, 1.165) is 29.3 Å². The van der Waals surface area contributed by atoms with Crippen molar-refractivity contribution in [2.45, 2.75) is 30.7 Å². The van der Waals surface area contributed by atoms with Crippen molar-refractivity contribution < 1.29 is 45.8 Å². The number of likely N-dealkylation sites (N-methyl/N-ethyl adjacent to an activating group) is 1. The van der Waals surface area contributed by atoms with Gasteiger partial charge in [-0.1, -0.05) is 48.5 Å². The number of amides is 1. The van der Waals surface area contributed by atoms with Gasteiger partial charge in [-0.3, -0.25) is 4.90 Å². The molecule has 0 saturated heterocycles. The second-order valence-corrected chi connectivity index (χ2v) is 7.64. The monoisotopic (exact) mass is 475 g/mol. The Morgan fingerprint density at radius 3 is 1.82 bits per heavy atom. The Morgan fingerprint density at radius 2 is 1.39 bits per heavy atom. The molecule has 3 rings (SSSR count). The van der Waals surface area contributed by atoms with Crippen LogP contribution in [0.1, 0.15) is 23.5 Å². The topological polar surface area (TPSA) is 66.8 Å². The van der Waals surface area contributed by atoms with Crippen LogP contribution in [-0.2, 0) is 9.53 Å². The standard InChI is InChI=1S/C22H19F6NO4/c1-29(17(19(30)31)10-18(21(23,24)25)22(26,27)28)20(32)33-11-16-14-8-4-2-6-12(14)13-7-3-5-9-15(13)16/h2-9,16-18H,10-11H2,1H3,(H,30,31)/t17-/m0/s1. The van der Waals surface area contributed by atoms with Gasteiger partial charge in [-0.15, -0.1) is 0 Å². The Kier molecular flexibility index (Phi) is 6.62. The molecule has 0 unspecified atom stereocenters. The molecule has 1 aliphatic rings. The zero-order valence-corrected chi connectivity index (χ0v) is 17.2. The third kappa shape index (κ3) is 5.07. The van der Waals surface area contributed by atoms with Crippen LogP contribution >= 0.6 is 0 Å². The SMILES string of the molecule is CN(C(=O)OCC1c2ccccc2-c2ccccc21)[C@@H](CC(C(F)(F)F)C(F)(F)F)C(=O)O. The zero-order valence-electron chi connectivity index (χ0n) is 17.2. The van der Waals surface area contributed by atoms with Crippen LogP contribution in [0.3, 0.4) is 0 Å². The predicted octanol–water partition coefficient (Wildman–Crippen LogP) is 5.45. The van der Waals surface area contributed by atoms with Crippen molar-refractivity contribution in [2.75, 3.05) is 13.7 Å². The van der Waals surface area contributed by atoms with E-state index >= 15 is 0 Å². The van der Waals surface area contributed by atoms with Crippen molar-refractivity contribution in [3.8, 4) is 11.1 Å². The van der Waals surface area contributed by atoms with Crippen molar-refractivity contribution in [1.29, 1.82) is 0 Å². The average molecular weight is 475 g/mol. The van der Waals surface area contributed by atoms with Gasteiger partial charge < -0.3 is 9.84 Å². The third-order valence-corrected chi connectivity index (χ3v) is 5.63. The molecular formula is C22H19F6NO4. The van der Waals surface area contributed by atoms with Crippen LogP contribution in [0, 0.1) is 5.92 Å². The number of ether oxygens (including phenoxy) is 1. The zero-order chi connectivity index (χ0) is 24.6. The number of nitrogens with zero attached hydrogens (tertiary/aromatic N) is 1. The van der Waals surface area contributed by atoms with Crippen LogP contribution in [0.2, 0.25) is 0 Å². The molecule has 0 fully saturated rings. The van der Waals surface area contributed by atoms with Gasteiger partial charge in [0.15, 0.2) is 5.92 Å². The number of rotatable bonds is 6.